The van der Waals surface area contributed by atoms with E-state index in [1.165, 1.54) is 36.5 Å². The van der Waals surface area contributed by atoms with Crippen molar-refractivity contribution in [3.8, 4) is 17.0 Å². The van der Waals surface area contributed by atoms with Gasteiger partial charge < -0.3 is 10.4 Å². The summed E-state index contributed by atoms with van der Waals surface area (Å²) in [5, 5.41) is 19.8. The van der Waals surface area contributed by atoms with Gasteiger partial charge in [-0.3, -0.25) is 9.89 Å². The molecule has 34 heavy (non-hydrogen) atoms. The second-order valence-corrected chi connectivity index (χ2v) is 9.43. The van der Waals surface area contributed by atoms with Gasteiger partial charge in [0.05, 0.1) is 10.6 Å². The Morgan fingerprint density at radius 2 is 1.76 bits per heavy atom. The second-order valence-electron chi connectivity index (χ2n) is 7.75. The fourth-order valence-corrected chi connectivity index (χ4v) is 4.28. The van der Waals surface area contributed by atoms with Crippen molar-refractivity contribution >= 4 is 27.6 Å². The third-order valence-corrected chi connectivity index (χ3v) is 6.33. The highest BCUT2D eigenvalue weighted by Gasteiger charge is 2.18. The molecule has 0 unspecified atom stereocenters. The van der Waals surface area contributed by atoms with Crippen LogP contribution < -0.4 is 10.0 Å². The lowest BCUT2D eigenvalue weighted by Crippen LogP contribution is -2.16. The minimum Gasteiger partial charge on any atom is -0.507 e. The maximum absolute atomic E-state index is 12.6. The van der Waals surface area contributed by atoms with Gasteiger partial charge in [-0.25, -0.2) is 23.1 Å². The molecule has 0 aliphatic heterocycles. The van der Waals surface area contributed by atoms with Crippen molar-refractivity contribution in [3.63, 3.8) is 0 Å². The monoisotopic (exact) mass is 478 g/mol. The minimum absolute atomic E-state index is 0.00951. The topological polar surface area (TPSA) is 150 Å². The number of phenolic OH excluding ortho intramolecular Hbond substituents is 1. The van der Waals surface area contributed by atoms with Gasteiger partial charge in [0.15, 0.2) is 0 Å². The Balaban J connectivity index is 1.47. The predicted molar refractivity (Wildman–Crippen MR) is 127 cm³/mol. The van der Waals surface area contributed by atoms with Crippen molar-refractivity contribution in [1.82, 2.24) is 20.2 Å². The summed E-state index contributed by atoms with van der Waals surface area (Å²) in [7, 11) is -3.89. The number of nitrogens with zero attached hydrogens (tertiary/aromatic N) is 3. The average Bonchev–Trinajstić information content (AvgIpc) is 3.26. The molecule has 174 valence electrons. The van der Waals surface area contributed by atoms with Crippen LogP contribution in [0.5, 0.6) is 5.75 Å². The van der Waals surface area contributed by atoms with Gasteiger partial charge in [0.1, 0.15) is 11.4 Å². The van der Waals surface area contributed by atoms with Gasteiger partial charge in [-0.05, 0) is 74.4 Å². The van der Waals surface area contributed by atoms with E-state index in [1.807, 2.05) is 13.0 Å². The lowest BCUT2D eigenvalue weighted by Gasteiger charge is -2.08. The van der Waals surface area contributed by atoms with Gasteiger partial charge in [0, 0.05) is 23.1 Å². The van der Waals surface area contributed by atoms with E-state index in [0.717, 1.165) is 5.56 Å². The summed E-state index contributed by atoms with van der Waals surface area (Å²) in [5.74, 6) is -0.391. The van der Waals surface area contributed by atoms with Crippen LogP contribution in [0.4, 0.5) is 11.6 Å². The summed E-state index contributed by atoms with van der Waals surface area (Å²) in [4.78, 5) is 20.6. The van der Waals surface area contributed by atoms with E-state index in [4.69, 9.17) is 0 Å². The van der Waals surface area contributed by atoms with Crippen LogP contribution in [0.3, 0.4) is 0 Å². The van der Waals surface area contributed by atoms with Crippen molar-refractivity contribution in [2.75, 3.05) is 10.0 Å². The van der Waals surface area contributed by atoms with E-state index >= 15 is 0 Å². The molecule has 11 heteroatoms. The van der Waals surface area contributed by atoms with E-state index < -0.39 is 15.9 Å². The molecule has 2 heterocycles. The second kappa shape index (κ2) is 8.94. The number of benzene rings is 2. The molecule has 0 saturated carbocycles. The van der Waals surface area contributed by atoms with Gasteiger partial charge in [-0.15, -0.1) is 0 Å². The van der Waals surface area contributed by atoms with E-state index in [1.54, 1.807) is 26.0 Å². The Kier molecular flexibility index (Phi) is 6.03. The largest absolute Gasteiger partial charge is 0.507 e. The maximum atomic E-state index is 12.6. The molecular weight excluding hydrogens is 456 g/mol. The number of carbonyl (C=O) groups excluding carboxylic acids is 1. The highest BCUT2D eigenvalue weighted by atomic mass is 32.2. The first kappa shape index (κ1) is 22.9. The Hall–Kier alpha value is -4.25. The molecule has 0 atom stereocenters. The number of hydrogen-bond donors (Lipinski definition) is 4. The lowest BCUT2D eigenvalue weighted by atomic mass is 10.0. The molecule has 0 bridgehead atoms. The molecule has 4 N–H and O–H groups in total. The van der Waals surface area contributed by atoms with Crippen LogP contribution in [0, 0.1) is 20.8 Å². The van der Waals surface area contributed by atoms with E-state index in [2.05, 4.69) is 30.2 Å². The number of nitrogens with one attached hydrogen (secondary N) is 3. The molecule has 0 radical (unpaired) electrons. The fraction of sp³-hybridized carbons (Fsp3) is 0.130. The number of phenols is 1. The molecule has 4 rings (SSSR count). The fourth-order valence-electron chi connectivity index (χ4n) is 3.32. The predicted octanol–water partition coefficient (Wildman–Crippen LogP) is 3.55. The van der Waals surface area contributed by atoms with Crippen molar-refractivity contribution in [2.45, 2.75) is 25.7 Å². The molecular formula is C23H22N6O4S. The van der Waals surface area contributed by atoms with Crippen molar-refractivity contribution in [3.05, 3.63) is 77.2 Å². The zero-order chi connectivity index (χ0) is 24.5. The Morgan fingerprint density at radius 1 is 1.03 bits per heavy atom. The van der Waals surface area contributed by atoms with Gasteiger partial charge in [0.2, 0.25) is 5.95 Å². The number of aromatic nitrogens is 4. The summed E-state index contributed by atoms with van der Waals surface area (Å²) >= 11 is 0. The summed E-state index contributed by atoms with van der Waals surface area (Å²) in [6.45, 7) is 5.42. The molecule has 2 aromatic carbocycles. The Labute approximate surface area is 196 Å². The van der Waals surface area contributed by atoms with Crippen LogP contribution in [-0.4, -0.2) is 39.6 Å². The van der Waals surface area contributed by atoms with Crippen LogP contribution in [0.15, 0.2) is 59.6 Å². The van der Waals surface area contributed by atoms with Crippen LogP contribution in [0.2, 0.25) is 0 Å². The summed E-state index contributed by atoms with van der Waals surface area (Å²) in [6.07, 6.45) is 1.46. The smallest absolute Gasteiger partial charge is 0.273 e. The average molecular weight is 479 g/mol. The number of aromatic hydroxyl groups is 1. The van der Waals surface area contributed by atoms with Gasteiger partial charge >= 0.3 is 0 Å². The van der Waals surface area contributed by atoms with Crippen LogP contribution >= 0.6 is 0 Å². The number of aryl methyl sites for hydroxylation is 3. The van der Waals surface area contributed by atoms with Crippen molar-refractivity contribution < 1.29 is 18.3 Å². The standard InChI is InChI=1S/C23H22N6O4S/c1-13-10-14(2)21(30)18(11-13)19-12-20(28-27-19)22(31)26-16-4-6-17(7-5-16)34(32,33)29-23-24-9-8-15(3)25-23/h4-12,30H,1-3H3,(H,26,31)(H,27,28)(H,24,25,29). The van der Waals surface area contributed by atoms with Gasteiger partial charge in [-0.2, -0.15) is 5.10 Å². The van der Waals surface area contributed by atoms with Crippen molar-refractivity contribution in [1.29, 1.82) is 0 Å². The normalized spacial score (nSPS) is 11.3. The summed E-state index contributed by atoms with van der Waals surface area (Å²) in [6, 6.07) is 12.5. The molecule has 0 spiro atoms. The summed E-state index contributed by atoms with van der Waals surface area (Å²) in [5.41, 5.74) is 3.82. The zero-order valence-electron chi connectivity index (χ0n) is 18.6. The number of H-pyrrole nitrogens is 1. The van der Waals surface area contributed by atoms with Crippen LogP contribution in [0.25, 0.3) is 11.3 Å². The summed E-state index contributed by atoms with van der Waals surface area (Å²) < 4.78 is 27.5. The molecule has 10 nitrogen and oxygen atoms in total. The Morgan fingerprint density at radius 3 is 2.47 bits per heavy atom. The molecule has 1 amide bonds. The minimum atomic E-state index is -3.89. The first-order valence-electron chi connectivity index (χ1n) is 10.2. The Bertz CT molecular complexity index is 1480. The first-order valence-corrected chi connectivity index (χ1v) is 11.7. The molecule has 0 aliphatic rings. The van der Waals surface area contributed by atoms with Crippen LogP contribution in [0.1, 0.15) is 27.3 Å². The van der Waals surface area contributed by atoms with E-state index in [9.17, 15) is 18.3 Å². The number of hydrogen-bond acceptors (Lipinski definition) is 7. The highest BCUT2D eigenvalue weighted by Crippen LogP contribution is 2.32. The van der Waals surface area contributed by atoms with Crippen molar-refractivity contribution in [2.24, 2.45) is 0 Å². The molecule has 2 aromatic heterocycles. The lowest BCUT2D eigenvalue weighted by molar-refractivity contribution is 0.102. The zero-order valence-corrected chi connectivity index (χ0v) is 19.4. The number of amides is 1. The van der Waals surface area contributed by atoms with E-state index in [0.29, 0.717) is 28.2 Å². The molecule has 0 saturated heterocycles. The van der Waals surface area contributed by atoms with Gasteiger partial charge in [-0.1, -0.05) is 6.07 Å². The number of rotatable bonds is 6. The van der Waals surface area contributed by atoms with Crippen LogP contribution in [-0.2, 0) is 10.0 Å². The number of sulfonamides is 1. The van der Waals surface area contributed by atoms with E-state index in [-0.39, 0.29) is 22.3 Å². The molecule has 4 aromatic rings. The first-order chi connectivity index (χ1) is 16.1. The SMILES string of the molecule is Cc1cc(C)c(O)c(-c2cc(C(=O)Nc3ccc(S(=O)(=O)Nc4nccc(C)n4)cc3)[nH]n2)c1. The molecule has 0 fully saturated rings. The third kappa shape index (κ3) is 4.89. The maximum Gasteiger partial charge on any atom is 0.273 e. The number of carbonyl (C=O) groups is 1. The highest BCUT2D eigenvalue weighted by molar-refractivity contribution is 7.92. The number of aromatic amines is 1. The third-order valence-electron chi connectivity index (χ3n) is 4.99. The number of anilines is 2. The molecule has 0 aliphatic carbocycles. The van der Waals surface area contributed by atoms with Gasteiger partial charge in [0.25, 0.3) is 15.9 Å². The quantitative estimate of drug-likeness (QED) is 0.331.